The van der Waals surface area contributed by atoms with Crippen molar-refractivity contribution in [3.63, 3.8) is 0 Å². The predicted molar refractivity (Wildman–Crippen MR) is 292 cm³/mol. The lowest BCUT2D eigenvalue weighted by molar-refractivity contribution is -0.870. The van der Waals surface area contributed by atoms with Crippen LogP contribution in [0.1, 0.15) is 213 Å². The summed E-state index contributed by atoms with van der Waals surface area (Å²) < 4.78 is 22.6. The molecule has 0 aromatic rings. The van der Waals surface area contributed by atoms with Crippen molar-refractivity contribution in [2.45, 2.75) is 225 Å². The molecule has 0 bridgehead atoms. The Morgan fingerprint density at radius 3 is 1.23 bits per heavy atom. The Labute approximate surface area is 429 Å². The molecule has 0 spiro atoms. The first-order valence-corrected chi connectivity index (χ1v) is 27.9. The van der Waals surface area contributed by atoms with Crippen molar-refractivity contribution >= 4 is 17.9 Å². The maximum Gasteiger partial charge on any atom is 0.306 e. The molecule has 9 nitrogen and oxygen atoms in total. The number of carbonyl (C=O) groups is 3. The molecule has 0 saturated heterocycles. The third-order valence-corrected chi connectivity index (χ3v) is 11.6. The SMILES string of the molecule is CC/C=C\C/C=C\C/C=C\C/C=C\C/C=C\C/C=C\C/C=C\CCCCCCCC(=O)OC(COC(=O)CCCCCCCCC/C=C\CCCCCCCCC)COC(OCC[N+](C)(C)C)C(=O)[O-]. The highest BCUT2D eigenvalue weighted by atomic mass is 16.7. The van der Waals surface area contributed by atoms with Crippen LogP contribution >= 0.6 is 0 Å². The third kappa shape index (κ3) is 52.0. The van der Waals surface area contributed by atoms with Crippen LogP contribution in [0.25, 0.3) is 0 Å². The van der Waals surface area contributed by atoms with Gasteiger partial charge >= 0.3 is 11.9 Å². The molecule has 0 rings (SSSR count). The Morgan fingerprint density at radius 2 is 0.814 bits per heavy atom. The van der Waals surface area contributed by atoms with E-state index in [2.05, 4.69) is 111 Å². The summed E-state index contributed by atoms with van der Waals surface area (Å²) in [5.74, 6) is -2.32. The normalized spacial score (nSPS) is 13.6. The lowest BCUT2D eigenvalue weighted by Crippen LogP contribution is -2.44. The highest BCUT2D eigenvalue weighted by molar-refractivity contribution is 5.70. The van der Waals surface area contributed by atoms with Crippen LogP contribution in [0.5, 0.6) is 0 Å². The molecule has 9 heteroatoms. The van der Waals surface area contributed by atoms with Crippen LogP contribution < -0.4 is 5.11 Å². The van der Waals surface area contributed by atoms with Gasteiger partial charge in [0.1, 0.15) is 13.2 Å². The number of ether oxygens (including phenoxy) is 4. The van der Waals surface area contributed by atoms with Crippen molar-refractivity contribution in [2.24, 2.45) is 0 Å². The molecule has 2 atom stereocenters. The molecule has 0 aromatic heterocycles. The molecule has 0 aliphatic rings. The van der Waals surface area contributed by atoms with Crippen LogP contribution in [0.2, 0.25) is 0 Å². The van der Waals surface area contributed by atoms with Crippen molar-refractivity contribution in [1.82, 2.24) is 0 Å². The number of carbonyl (C=O) groups excluding carboxylic acids is 3. The number of nitrogens with zero attached hydrogens (tertiary/aromatic N) is 1. The van der Waals surface area contributed by atoms with E-state index < -0.39 is 24.3 Å². The molecule has 0 aromatic carbocycles. The van der Waals surface area contributed by atoms with E-state index >= 15 is 0 Å². The highest BCUT2D eigenvalue weighted by Crippen LogP contribution is 2.14. The van der Waals surface area contributed by atoms with Crippen molar-refractivity contribution in [3.8, 4) is 0 Å². The van der Waals surface area contributed by atoms with Gasteiger partial charge in [-0.2, -0.15) is 0 Å². The minimum absolute atomic E-state index is 0.138. The summed E-state index contributed by atoms with van der Waals surface area (Å²) in [5.41, 5.74) is 0. The lowest BCUT2D eigenvalue weighted by Gasteiger charge is -2.26. The topological polar surface area (TPSA) is 111 Å². The van der Waals surface area contributed by atoms with Gasteiger partial charge in [0.2, 0.25) is 0 Å². The first-order chi connectivity index (χ1) is 34.1. The number of hydrogen-bond acceptors (Lipinski definition) is 8. The van der Waals surface area contributed by atoms with Gasteiger partial charge in [-0.1, -0.05) is 201 Å². The fourth-order valence-corrected chi connectivity index (χ4v) is 7.27. The summed E-state index contributed by atoms with van der Waals surface area (Å²) in [4.78, 5) is 37.2. The van der Waals surface area contributed by atoms with Crippen molar-refractivity contribution < 1.29 is 42.9 Å². The summed E-state index contributed by atoms with van der Waals surface area (Å²) in [6.07, 6.45) is 65.8. The van der Waals surface area contributed by atoms with Gasteiger partial charge in [-0.15, -0.1) is 0 Å². The first-order valence-electron chi connectivity index (χ1n) is 27.9. The van der Waals surface area contributed by atoms with E-state index in [9.17, 15) is 19.5 Å². The van der Waals surface area contributed by atoms with Crippen molar-refractivity contribution in [1.29, 1.82) is 0 Å². The van der Waals surface area contributed by atoms with Gasteiger partial charge in [0, 0.05) is 12.8 Å². The van der Waals surface area contributed by atoms with Crippen molar-refractivity contribution in [2.75, 3.05) is 47.5 Å². The number of esters is 2. The number of unbranched alkanes of at least 4 members (excludes halogenated alkanes) is 19. The van der Waals surface area contributed by atoms with Gasteiger partial charge in [-0.3, -0.25) is 9.59 Å². The molecule has 70 heavy (non-hydrogen) atoms. The van der Waals surface area contributed by atoms with E-state index in [1.54, 1.807) is 0 Å². The second kappa shape index (κ2) is 51.6. The lowest BCUT2D eigenvalue weighted by atomic mass is 10.1. The summed E-state index contributed by atoms with van der Waals surface area (Å²) in [7, 11) is 5.90. The molecular weight excluding hydrogens is 875 g/mol. The van der Waals surface area contributed by atoms with Crippen LogP contribution in [0.15, 0.2) is 97.2 Å². The zero-order valence-corrected chi connectivity index (χ0v) is 45.4. The number of hydrogen-bond donors (Lipinski definition) is 0. The maximum atomic E-state index is 12.8. The highest BCUT2D eigenvalue weighted by Gasteiger charge is 2.22. The van der Waals surface area contributed by atoms with Crippen LogP contribution in [0.4, 0.5) is 0 Å². The predicted octanol–water partition coefficient (Wildman–Crippen LogP) is 14.8. The van der Waals surface area contributed by atoms with E-state index in [1.807, 2.05) is 21.1 Å². The molecule has 0 saturated carbocycles. The Balaban J connectivity index is 4.36. The second-order valence-corrected chi connectivity index (χ2v) is 19.5. The van der Waals surface area contributed by atoms with Gasteiger partial charge in [0.15, 0.2) is 12.4 Å². The van der Waals surface area contributed by atoms with Gasteiger partial charge in [0.05, 0.1) is 40.3 Å². The zero-order chi connectivity index (χ0) is 51.3. The zero-order valence-electron chi connectivity index (χ0n) is 45.4. The molecule has 0 aliphatic heterocycles. The molecule has 400 valence electrons. The Bertz CT molecular complexity index is 1470. The summed E-state index contributed by atoms with van der Waals surface area (Å²) in [6, 6.07) is 0. The van der Waals surface area contributed by atoms with Crippen LogP contribution in [0, 0.1) is 0 Å². The minimum atomic E-state index is -1.63. The molecule has 0 aliphatic carbocycles. The molecule has 0 N–H and O–H groups in total. The van der Waals surface area contributed by atoms with Crippen LogP contribution in [-0.4, -0.2) is 82.3 Å². The van der Waals surface area contributed by atoms with E-state index in [1.165, 1.54) is 70.6 Å². The smallest absolute Gasteiger partial charge is 0.306 e. The quantitative estimate of drug-likeness (QED) is 0.0195. The molecule has 2 unspecified atom stereocenters. The standard InChI is InChI=1S/C61H103NO8/c1-6-8-10-12-14-16-18-20-22-24-26-27-28-29-30-31-32-33-34-36-38-40-42-44-46-48-50-52-59(64)70-57(56-69-61(60(65)66)67-54-53-62(3,4)5)55-68-58(63)51-49-47-45-43-41-39-37-35-25-23-21-19-17-15-13-11-9-7-2/h8,10,14,16,20,22-23,25-27,29-30,32-33,36,38,57,61H,6-7,9,11-13,15,17-19,21,24,28,31,34-35,37,39-56H2,1-5H3/b10-8-,16-14-,22-20-,25-23-,27-26-,30-29-,33-32-,38-36-. The Kier molecular flexibility index (Phi) is 48.8. The molecule has 0 radical (unpaired) electrons. The number of rotatable bonds is 50. The van der Waals surface area contributed by atoms with E-state index in [-0.39, 0.29) is 38.6 Å². The molecular formula is C61H103NO8. The molecule has 0 fully saturated rings. The van der Waals surface area contributed by atoms with E-state index in [0.717, 1.165) is 109 Å². The largest absolute Gasteiger partial charge is 0.545 e. The van der Waals surface area contributed by atoms with Crippen molar-refractivity contribution in [3.05, 3.63) is 97.2 Å². The number of allylic oxidation sites excluding steroid dienone is 16. The van der Waals surface area contributed by atoms with Crippen LogP contribution in [0.3, 0.4) is 0 Å². The molecule has 0 amide bonds. The minimum Gasteiger partial charge on any atom is -0.545 e. The first kappa shape index (κ1) is 66.2. The average Bonchev–Trinajstić information content (AvgIpc) is 3.33. The van der Waals surface area contributed by atoms with Gasteiger partial charge in [-0.05, 0) is 96.3 Å². The van der Waals surface area contributed by atoms with Gasteiger partial charge < -0.3 is 33.3 Å². The van der Waals surface area contributed by atoms with Gasteiger partial charge in [-0.25, -0.2) is 0 Å². The number of aliphatic carboxylic acids is 1. The van der Waals surface area contributed by atoms with E-state index in [0.29, 0.717) is 17.4 Å². The summed E-state index contributed by atoms with van der Waals surface area (Å²) in [5, 5.41) is 11.8. The summed E-state index contributed by atoms with van der Waals surface area (Å²) in [6.45, 7) is 4.59. The number of likely N-dealkylation sites (N-methyl/N-ethyl adjacent to an activating group) is 1. The number of carboxylic acids is 1. The second-order valence-electron chi connectivity index (χ2n) is 19.5. The Morgan fingerprint density at radius 1 is 0.443 bits per heavy atom. The number of carboxylic acid groups (broad SMARTS) is 1. The fourth-order valence-electron chi connectivity index (χ4n) is 7.27. The molecule has 0 heterocycles. The number of quaternary nitrogens is 1. The van der Waals surface area contributed by atoms with Crippen LogP contribution in [-0.2, 0) is 33.3 Å². The van der Waals surface area contributed by atoms with E-state index in [4.69, 9.17) is 18.9 Å². The fraction of sp³-hybridized carbons (Fsp3) is 0.689. The average molecular weight is 978 g/mol. The van der Waals surface area contributed by atoms with Gasteiger partial charge in [0.25, 0.3) is 0 Å². The monoisotopic (exact) mass is 978 g/mol. The third-order valence-electron chi connectivity index (χ3n) is 11.6. The summed E-state index contributed by atoms with van der Waals surface area (Å²) >= 11 is 0. The Hall–Kier alpha value is -3.79. The maximum absolute atomic E-state index is 12.8.